The third-order valence-corrected chi connectivity index (χ3v) is 3.82. The number of carbonyl (C=O) groups excluding carboxylic acids is 1. The van der Waals surface area contributed by atoms with E-state index in [2.05, 4.69) is 20.7 Å². The molecule has 0 aliphatic rings. The molecule has 3 rings (SSSR count). The lowest BCUT2D eigenvalue weighted by Crippen LogP contribution is -2.26. The van der Waals surface area contributed by atoms with Gasteiger partial charge in [-0.15, -0.1) is 0 Å². The van der Waals surface area contributed by atoms with Crippen molar-refractivity contribution in [3.63, 3.8) is 0 Å². The minimum absolute atomic E-state index is 0.138. The Morgan fingerprint density at radius 1 is 1.17 bits per heavy atom. The van der Waals surface area contributed by atoms with Gasteiger partial charge in [-0.2, -0.15) is 15.4 Å². The number of hydrogen-bond acceptors (Lipinski definition) is 4. The van der Waals surface area contributed by atoms with Gasteiger partial charge in [0.1, 0.15) is 5.75 Å². The molecule has 0 aliphatic carbocycles. The molecule has 1 aromatic heterocycles. The zero-order valence-corrected chi connectivity index (χ0v) is 13.5. The van der Waals surface area contributed by atoms with E-state index in [9.17, 15) is 4.79 Å². The molecule has 2 aromatic carbocycles. The lowest BCUT2D eigenvalue weighted by molar-refractivity contribution is 0.0935. The molecule has 6 heteroatoms. The van der Waals surface area contributed by atoms with Crippen molar-refractivity contribution in [2.75, 3.05) is 7.11 Å². The number of nitrogens with zero attached hydrogens (tertiary/aromatic N) is 2. The molecule has 0 bridgehead atoms. The van der Waals surface area contributed by atoms with Crippen LogP contribution in [0, 0.1) is 0 Å². The van der Waals surface area contributed by atoms with E-state index in [1.165, 1.54) is 6.20 Å². The van der Waals surface area contributed by atoms with Crippen molar-refractivity contribution in [2.24, 2.45) is 0 Å². The molecule has 122 valence electrons. The number of ether oxygens (including phenoxy) is 1. The molecule has 6 nitrogen and oxygen atoms in total. The Labute approximate surface area is 139 Å². The molecular formula is C18H18N4O2. The van der Waals surface area contributed by atoms with Gasteiger partial charge in [-0.05, 0) is 24.1 Å². The van der Waals surface area contributed by atoms with Crippen LogP contribution in [-0.2, 0) is 0 Å². The number of amides is 1. The highest BCUT2D eigenvalue weighted by Gasteiger charge is 2.14. The fourth-order valence-electron chi connectivity index (χ4n) is 2.50. The van der Waals surface area contributed by atoms with E-state index < -0.39 is 0 Å². The third-order valence-electron chi connectivity index (χ3n) is 3.82. The Morgan fingerprint density at radius 2 is 1.92 bits per heavy atom. The van der Waals surface area contributed by atoms with Gasteiger partial charge in [0.2, 0.25) is 0 Å². The molecule has 0 saturated heterocycles. The predicted molar refractivity (Wildman–Crippen MR) is 90.7 cm³/mol. The van der Waals surface area contributed by atoms with Gasteiger partial charge in [-0.1, -0.05) is 42.5 Å². The summed E-state index contributed by atoms with van der Waals surface area (Å²) in [5, 5.41) is 12.7. The maximum atomic E-state index is 12.0. The van der Waals surface area contributed by atoms with E-state index in [-0.39, 0.29) is 17.6 Å². The average Bonchev–Trinajstić information content (AvgIpc) is 3.16. The normalized spacial score (nSPS) is 11.8. The summed E-state index contributed by atoms with van der Waals surface area (Å²) in [5.74, 6) is 0.572. The van der Waals surface area contributed by atoms with Crippen molar-refractivity contribution in [1.29, 1.82) is 0 Å². The van der Waals surface area contributed by atoms with Gasteiger partial charge in [0.25, 0.3) is 5.91 Å². The van der Waals surface area contributed by atoms with Crippen LogP contribution in [0.3, 0.4) is 0 Å². The minimum Gasteiger partial charge on any atom is -0.496 e. The molecule has 0 unspecified atom stereocenters. The second-order valence-corrected chi connectivity index (χ2v) is 5.37. The fraction of sp³-hybridized carbons (Fsp3) is 0.167. The first kappa shape index (κ1) is 15.7. The molecule has 0 aliphatic heterocycles. The summed E-state index contributed by atoms with van der Waals surface area (Å²) >= 11 is 0. The Balaban J connectivity index is 1.75. The zero-order chi connectivity index (χ0) is 16.9. The molecule has 3 aromatic rings. The molecule has 0 radical (unpaired) electrons. The number of nitrogens with one attached hydrogen (secondary N) is 2. The smallest absolute Gasteiger partial charge is 0.273 e. The van der Waals surface area contributed by atoms with E-state index in [1.54, 1.807) is 7.11 Å². The van der Waals surface area contributed by atoms with Crippen LogP contribution in [0.5, 0.6) is 5.75 Å². The van der Waals surface area contributed by atoms with Gasteiger partial charge in [-0.3, -0.25) is 4.79 Å². The number of carbonyl (C=O) groups is 1. The first-order valence-electron chi connectivity index (χ1n) is 7.59. The van der Waals surface area contributed by atoms with Crippen LogP contribution in [0.15, 0.2) is 54.7 Å². The van der Waals surface area contributed by atoms with Gasteiger partial charge in [0.05, 0.1) is 19.3 Å². The highest BCUT2D eigenvalue weighted by molar-refractivity contribution is 5.92. The van der Waals surface area contributed by atoms with Crippen molar-refractivity contribution in [3.05, 3.63) is 66.0 Å². The van der Waals surface area contributed by atoms with Gasteiger partial charge in [0.15, 0.2) is 5.69 Å². The van der Waals surface area contributed by atoms with Crippen LogP contribution in [0.25, 0.3) is 11.1 Å². The van der Waals surface area contributed by atoms with Crippen LogP contribution >= 0.6 is 0 Å². The molecule has 2 N–H and O–H groups in total. The van der Waals surface area contributed by atoms with Crippen molar-refractivity contribution in [2.45, 2.75) is 13.0 Å². The standard InChI is InChI=1S/C18H18N4O2/c1-12(20-18(23)16-11-19-22-21-16)13-7-9-14(10-8-13)15-5-3-4-6-17(15)24-2/h3-12H,1-2H3,(H,20,23)(H,19,21,22)/t12-/m1/s1. The van der Waals surface area contributed by atoms with Crippen LogP contribution in [0.1, 0.15) is 29.0 Å². The molecule has 1 heterocycles. The van der Waals surface area contributed by atoms with E-state index in [4.69, 9.17) is 4.74 Å². The summed E-state index contributed by atoms with van der Waals surface area (Å²) in [7, 11) is 1.66. The molecule has 1 atom stereocenters. The van der Waals surface area contributed by atoms with Crippen LogP contribution < -0.4 is 10.1 Å². The van der Waals surface area contributed by atoms with Gasteiger partial charge in [0, 0.05) is 5.56 Å². The molecule has 0 fully saturated rings. The van der Waals surface area contributed by atoms with E-state index >= 15 is 0 Å². The maximum absolute atomic E-state index is 12.0. The van der Waals surface area contributed by atoms with E-state index in [1.807, 2.05) is 55.5 Å². The second-order valence-electron chi connectivity index (χ2n) is 5.37. The third kappa shape index (κ3) is 3.27. The minimum atomic E-state index is -0.259. The molecular weight excluding hydrogens is 304 g/mol. The predicted octanol–water partition coefficient (Wildman–Crippen LogP) is 2.97. The quantitative estimate of drug-likeness (QED) is 0.757. The monoisotopic (exact) mass is 322 g/mol. The van der Waals surface area contributed by atoms with Gasteiger partial charge in [-0.25, -0.2) is 0 Å². The molecule has 0 saturated carbocycles. The highest BCUT2D eigenvalue weighted by atomic mass is 16.5. The summed E-state index contributed by atoms with van der Waals surface area (Å²) in [6, 6.07) is 15.8. The zero-order valence-electron chi connectivity index (χ0n) is 13.5. The number of H-pyrrole nitrogens is 1. The number of para-hydroxylation sites is 1. The van der Waals surface area contributed by atoms with Gasteiger partial charge >= 0.3 is 0 Å². The summed E-state index contributed by atoms with van der Waals surface area (Å²) in [4.78, 5) is 12.0. The summed E-state index contributed by atoms with van der Waals surface area (Å²) in [5.41, 5.74) is 3.37. The molecule has 0 spiro atoms. The summed E-state index contributed by atoms with van der Waals surface area (Å²) in [6.45, 7) is 1.93. The number of aromatic amines is 1. The largest absolute Gasteiger partial charge is 0.496 e. The second kappa shape index (κ2) is 6.95. The lowest BCUT2D eigenvalue weighted by Gasteiger charge is -2.14. The van der Waals surface area contributed by atoms with Crippen molar-refractivity contribution < 1.29 is 9.53 Å². The first-order valence-corrected chi connectivity index (χ1v) is 7.59. The van der Waals surface area contributed by atoms with Crippen LogP contribution in [-0.4, -0.2) is 28.4 Å². The van der Waals surface area contributed by atoms with Crippen LogP contribution in [0.2, 0.25) is 0 Å². The number of aromatic nitrogens is 3. The number of benzene rings is 2. The van der Waals surface area contributed by atoms with Crippen LogP contribution in [0.4, 0.5) is 0 Å². The fourth-order valence-corrected chi connectivity index (χ4v) is 2.50. The molecule has 1 amide bonds. The topological polar surface area (TPSA) is 79.9 Å². The SMILES string of the molecule is COc1ccccc1-c1ccc([C@@H](C)NC(=O)c2cn[nH]n2)cc1. The summed E-state index contributed by atoms with van der Waals surface area (Å²) < 4.78 is 5.40. The Hall–Kier alpha value is -3.15. The number of rotatable bonds is 5. The van der Waals surface area contributed by atoms with Crippen molar-refractivity contribution >= 4 is 5.91 Å². The first-order chi connectivity index (χ1) is 11.7. The Kier molecular flexibility index (Phi) is 4.56. The van der Waals surface area contributed by atoms with Gasteiger partial charge < -0.3 is 10.1 Å². The number of methoxy groups -OCH3 is 1. The van der Waals surface area contributed by atoms with E-state index in [0.29, 0.717) is 0 Å². The highest BCUT2D eigenvalue weighted by Crippen LogP contribution is 2.30. The van der Waals surface area contributed by atoms with Crippen molar-refractivity contribution in [1.82, 2.24) is 20.7 Å². The lowest BCUT2D eigenvalue weighted by atomic mass is 10.0. The maximum Gasteiger partial charge on any atom is 0.273 e. The van der Waals surface area contributed by atoms with Crippen molar-refractivity contribution in [3.8, 4) is 16.9 Å². The summed E-state index contributed by atoms with van der Waals surface area (Å²) in [6.07, 6.45) is 1.40. The Morgan fingerprint density at radius 3 is 2.58 bits per heavy atom. The Bertz CT molecular complexity index is 813. The van der Waals surface area contributed by atoms with E-state index in [0.717, 1.165) is 22.4 Å². The number of hydrogen-bond donors (Lipinski definition) is 2. The average molecular weight is 322 g/mol. The molecule has 24 heavy (non-hydrogen) atoms.